The van der Waals surface area contributed by atoms with Crippen LogP contribution >= 0.6 is 11.6 Å². The van der Waals surface area contributed by atoms with Gasteiger partial charge in [-0.05, 0) is 54.6 Å². The highest BCUT2D eigenvalue weighted by molar-refractivity contribution is 6.31. The van der Waals surface area contributed by atoms with Crippen molar-refractivity contribution < 1.29 is 31.9 Å². The Labute approximate surface area is 173 Å². The number of alkyl halides is 3. The third-order valence-corrected chi connectivity index (χ3v) is 4.16. The molecule has 0 heterocycles. The average molecular weight is 438 g/mol. The molecule has 0 aliphatic carbocycles. The van der Waals surface area contributed by atoms with Crippen LogP contribution in [-0.2, 0) is 6.18 Å². The lowest BCUT2D eigenvalue weighted by Gasteiger charge is -2.16. The number of esters is 1. The van der Waals surface area contributed by atoms with Gasteiger partial charge < -0.3 is 10.1 Å². The standard InChI is InChI=1S/C21H12ClF4NO3/c22-13-3-1-4-15(11-13)27-19(28)16-5-2-6-17(21(24,25)26)18(16)30-20(29)12-7-9-14(23)10-8-12/h1-11H,(H,27,28). The number of para-hydroxylation sites is 1. The number of carbonyl (C=O) groups is 2. The first-order chi connectivity index (χ1) is 14.1. The minimum absolute atomic E-state index is 0.186. The highest BCUT2D eigenvalue weighted by atomic mass is 35.5. The van der Waals surface area contributed by atoms with Crippen molar-refractivity contribution in [3.8, 4) is 5.75 Å². The summed E-state index contributed by atoms with van der Waals surface area (Å²) in [6, 6.07) is 12.8. The summed E-state index contributed by atoms with van der Waals surface area (Å²) < 4.78 is 58.4. The van der Waals surface area contributed by atoms with E-state index in [0.717, 1.165) is 36.4 Å². The number of hydrogen-bond donors (Lipinski definition) is 1. The van der Waals surface area contributed by atoms with Gasteiger partial charge in [-0.15, -0.1) is 0 Å². The number of benzene rings is 3. The van der Waals surface area contributed by atoms with Crippen molar-refractivity contribution in [2.45, 2.75) is 6.18 Å². The van der Waals surface area contributed by atoms with Crippen LogP contribution in [-0.4, -0.2) is 11.9 Å². The van der Waals surface area contributed by atoms with E-state index in [4.69, 9.17) is 16.3 Å². The molecule has 9 heteroatoms. The fourth-order valence-corrected chi connectivity index (χ4v) is 2.74. The van der Waals surface area contributed by atoms with Gasteiger partial charge in [0.2, 0.25) is 0 Å². The summed E-state index contributed by atoms with van der Waals surface area (Å²) in [5, 5.41) is 2.71. The number of rotatable bonds is 4. The molecule has 0 aliphatic heterocycles. The zero-order valence-corrected chi connectivity index (χ0v) is 15.7. The van der Waals surface area contributed by atoms with Crippen LogP contribution in [0.15, 0.2) is 66.7 Å². The Morgan fingerprint density at radius 2 is 1.60 bits per heavy atom. The second kappa shape index (κ2) is 8.54. The van der Waals surface area contributed by atoms with Gasteiger partial charge in [0.05, 0.1) is 16.7 Å². The maximum atomic E-state index is 13.5. The van der Waals surface area contributed by atoms with E-state index >= 15 is 0 Å². The van der Waals surface area contributed by atoms with Gasteiger partial charge in [-0.25, -0.2) is 9.18 Å². The topological polar surface area (TPSA) is 55.4 Å². The largest absolute Gasteiger partial charge is 0.421 e. The number of ether oxygens (including phenoxy) is 1. The molecule has 0 fully saturated rings. The van der Waals surface area contributed by atoms with E-state index in [2.05, 4.69) is 5.32 Å². The summed E-state index contributed by atoms with van der Waals surface area (Å²) in [5.41, 5.74) is -1.77. The van der Waals surface area contributed by atoms with Gasteiger partial charge in [0.1, 0.15) is 5.82 Å². The summed E-state index contributed by atoms with van der Waals surface area (Å²) in [6.07, 6.45) is -4.90. The third kappa shape index (κ3) is 4.96. The van der Waals surface area contributed by atoms with Crippen molar-refractivity contribution in [2.75, 3.05) is 5.32 Å². The van der Waals surface area contributed by atoms with Crippen LogP contribution < -0.4 is 10.1 Å². The fraction of sp³-hybridized carbons (Fsp3) is 0.0476. The summed E-state index contributed by atoms with van der Waals surface area (Å²) in [4.78, 5) is 24.9. The summed E-state index contributed by atoms with van der Waals surface area (Å²) in [7, 11) is 0. The van der Waals surface area contributed by atoms with Crippen LogP contribution in [0.3, 0.4) is 0 Å². The molecule has 0 saturated carbocycles. The molecule has 3 aromatic rings. The number of amides is 1. The molecule has 4 nitrogen and oxygen atoms in total. The average Bonchev–Trinajstić information content (AvgIpc) is 2.67. The van der Waals surface area contributed by atoms with E-state index in [9.17, 15) is 27.2 Å². The van der Waals surface area contributed by atoms with E-state index in [1.165, 1.54) is 12.1 Å². The molecule has 0 unspecified atom stereocenters. The number of anilines is 1. The molecular formula is C21H12ClF4NO3. The van der Waals surface area contributed by atoms with Gasteiger partial charge in [0.15, 0.2) is 5.75 Å². The molecule has 154 valence electrons. The smallest absolute Gasteiger partial charge is 0.420 e. The zero-order valence-electron chi connectivity index (χ0n) is 15.0. The van der Waals surface area contributed by atoms with E-state index in [-0.39, 0.29) is 11.3 Å². The molecule has 0 bridgehead atoms. The first kappa shape index (κ1) is 21.3. The fourth-order valence-electron chi connectivity index (χ4n) is 2.55. The first-order valence-corrected chi connectivity index (χ1v) is 8.78. The minimum Gasteiger partial charge on any atom is -0.421 e. The van der Waals surface area contributed by atoms with Gasteiger partial charge in [-0.1, -0.05) is 23.7 Å². The van der Waals surface area contributed by atoms with Crippen LogP contribution in [0.1, 0.15) is 26.3 Å². The number of carbonyl (C=O) groups excluding carboxylic acids is 2. The Morgan fingerprint density at radius 1 is 0.933 bits per heavy atom. The number of nitrogens with one attached hydrogen (secondary N) is 1. The van der Waals surface area contributed by atoms with Crippen molar-refractivity contribution in [3.63, 3.8) is 0 Å². The molecular weight excluding hydrogens is 426 g/mol. The van der Waals surface area contributed by atoms with Crippen LogP contribution in [0.5, 0.6) is 5.75 Å². The van der Waals surface area contributed by atoms with E-state index in [1.54, 1.807) is 12.1 Å². The van der Waals surface area contributed by atoms with Crippen LogP contribution in [0.2, 0.25) is 5.02 Å². The Balaban J connectivity index is 1.99. The maximum absolute atomic E-state index is 13.5. The van der Waals surface area contributed by atoms with Gasteiger partial charge in [-0.3, -0.25) is 4.79 Å². The summed E-state index contributed by atoms with van der Waals surface area (Å²) >= 11 is 5.84. The first-order valence-electron chi connectivity index (χ1n) is 8.40. The number of halogens is 5. The highest BCUT2D eigenvalue weighted by Gasteiger charge is 2.37. The Kier molecular flexibility index (Phi) is 6.07. The van der Waals surface area contributed by atoms with Crippen molar-refractivity contribution in [1.82, 2.24) is 0 Å². The molecule has 30 heavy (non-hydrogen) atoms. The molecule has 0 atom stereocenters. The molecule has 1 amide bonds. The lowest BCUT2D eigenvalue weighted by Crippen LogP contribution is -2.20. The quantitative estimate of drug-likeness (QED) is 0.311. The van der Waals surface area contributed by atoms with Crippen molar-refractivity contribution in [1.29, 1.82) is 0 Å². The molecule has 0 aromatic heterocycles. The number of hydrogen-bond acceptors (Lipinski definition) is 3. The lowest BCUT2D eigenvalue weighted by atomic mass is 10.1. The van der Waals surface area contributed by atoms with Crippen molar-refractivity contribution in [3.05, 3.63) is 94.3 Å². The van der Waals surface area contributed by atoms with Crippen molar-refractivity contribution >= 4 is 29.2 Å². The van der Waals surface area contributed by atoms with E-state index < -0.39 is 40.7 Å². The molecule has 1 N–H and O–H groups in total. The van der Waals surface area contributed by atoms with Gasteiger partial charge in [0, 0.05) is 10.7 Å². The van der Waals surface area contributed by atoms with Crippen molar-refractivity contribution in [2.24, 2.45) is 0 Å². The molecule has 0 radical (unpaired) electrons. The predicted molar refractivity (Wildman–Crippen MR) is 102 cm³/mol. The Bertz CT molecular complexity index is 1100. The van der Waals surface area contributed by atoms with Crippen LogP contribution in [0, 0.1) is 5.82 Å². The second-order valence-electron chi connectivity index (χ2n) is 6.04. The summed E-state index contributed by atoms with van der Waals surface area (Å²) in [5.74, 6) is -3.71. The van der Waals surface area contributed by atoms with Gasteiger partial charge >= 0.3 is 12.1 Å². The molecule has 3 aromatic carbocycles. The zero-order chi connectivity index (χ0) is 21.9. The van der Waals surface area contributed by atoms with Crippen LogP contribution in [0.25, 0.3) is 0 Å². The van der Waals surface area contributed by atoms with Gasteiger partial charge in [-0.2, -0.15) is 13.2 Å². The highest BCUT2D eigenvalue weighted by Crippen LogP contribution is 2.39. The predicted octanol–water partition coefficient (Wildman–Crippen LogP) is 5.97. The Hall–Kier alpha value is -3.39. The SMILES string of the molecule is O=C(Oc1c(C(=O)Nc2cccc(Cl)c2)cccc1C(F)(F)F)c1ccc(F)cc1. The molecule has 3 rings (SSSR count). The maximum Gasteiger partial charge on any atom is 0.420 e. The van der Waals surface area contributed by atoms with Gasteiger partial charge in [0.25, 0.3) is 5.91 Å². The third-order valence-electron chi connectivity index (χ3n) is 3.92. The normalized spacial score (nSPS) is 11.1. The van der Waals surface area contributed by atoms with Crippen LogP contribution in [0.4, 0.5) is 23.2 Å². The Morgan fingerprint density at radius 3 is 2.23 bits per heavy atom. The second-order valence-corrected chi connectivity index (χ2v) is 6.48. The molecule has 0 saturated heterocycles. The minimum atomic E-state index is -4.90. The summed E-state index contributed by atoms with van der Waals surface area (Å²) in [6.45, 7) is 0. The lowest BCUT2D eigenvalue weighted by molar-refractivity contribution is -0.138. The van der Waals surface area contributed by atoms with E-state index in [1.807, 2.05) is 0 Å². The van der Waals surface area contributed by atoms with E-state index in [0.29, 0.717) is 11.1 Å². The molecule has 0 spiro atoms. The monoisotopic (exact) mass is 437 g/mol. The molecule has 0 aliphatic rings.